The summed E-state index contributed by atoms with van der Waals surface area (Å²) in [6, 6.07) is 14.4. The number of rotatable bonds is 4. The number of fused-ring (bicyclic) bond motifs is 2. The van der Waals surface area contributed by atoms with Gasteiger partial charge in [-0.05, 0) is 18.2 Å². The molecule has 0 fully saturated rings. The van der Waals surface area contributed by atoms with Crippen molar-refractivity contribution in [3.8, 4) is 11.3 Å². The lowest BCUT2D eigenvalue weighted by Crippen LogP contribution is -2.37. The molecule has 2 aromatic heterocycles. The molecule has 2 N–H and O–H groups in total. The zero-order valence-electron chi connectivity index (χ0n) is 15.0. The van der Waals surface area contributed by atoms with Crippen molar-refractivity contribution in [1.82, 2.24) is 14.9 Å². The number of para-hydroxylation sites is 1. The summed E-state index contributed by atoms with van der Waals surface area (Å²) in [4.78, 5) is 45.8. The summed E-state index contributed by atoms with van der Waals surface area (Å²) in [5, 5.41) is 5.99. The van der Waals surface area contributed by atoms with Crippen molar-refractivity contribution in [2.24, 2.45) is 0 Å². The van der Waals surface area contributed by atoms with Crippen LogP contribution in [0.2, 0.25) is 0 Å². The highest BCUT2D eigenvalue weighted by Crippen LogP contribution is 2.31. The molecule has 0 radical (unpaired) electrons. The van der Waals surface area contributed by atoms with Gasteiger partial charge in [0.15, 0.2) is 5.13 Å². The van der Waals surface area contributed by atoms with Crippen molar-refractivity contribution >= 4 is 45.1 Å². The molecule has 0 spiro atoms. The lowest BCUT2D eigenvalue weighted by atomic mass is 10.1. The van der Waals surface area contributed by atoms with Gasteiger partial charge in [-0.25, -0.2) is 4.98 Å². The van der Waals surface area contributed by atoms with Gasteiger partial charge in [-0.1, -0.05) is 30.3 Å². The van der Waals surface area contributed by atoms with Gasteiger partial charge in [0.05, 0.1) is 16.8 Å². The molecule has 1 aliphatic heterocycles. The van der Waals surface area contributed by atoms with Crippen LogP contribution in [0, 0.1) is 0 Å². The van der Waals surface area contributed by atoms with E-state index in [1.165, 1.54) is 11.3 Å². The van der Waals surface area contributed by atoms with Crippen LogP contribution in [0.1, 0.15) is 20.7 Å². The Kier molecular flexibility index (Phi) is 3.99. The second-order valence-corrected chi connectivity index (χ2v) is 7.43. The van der Waals surface area contributed by atoms with Gasteiger partial charge in [0, 0.05) is 28.0 Å². The number of hydrogen-bond acceptors (Lipinski definition) is 5. The van der Waals surface area contributed by atoms with E-state index in [9.17, 15) is 14.4 Å². The van der Waals surface area contributed by atoms with Gasteiger partial charge in [0.2, 0.25) is 5.91 Å². The summed E-state index contributed by atoms with van der Waals surface area (Å²) in [6.07, 6.45) is 1.88. The van der Waals surface area contributed by atoms with E-state index in [0.717, 1.165) is 27.1 Å². The number of H-pyrrole nitrogens is 1. The first-order valence-electron chi connectivity index (χ1n) is 8.89. The number of carbonyl (C=O) groups is 3. The Hall–Kier alpha value is -3.78. The highest BCUT2D eigenvalue weighted by Gasteiger charge is 2.36. The number of benzene rings is 2. The molecule has 8 heteroatoms. The maximum Gasteiger partial charge on any atom is 0.262 e. The van der Waals surface area contributed by atoms with Crippen LogP contribution in [-0.2, 0) is 4.79 Å². The third-order valence-corrected chi connectivity index (χ3v) is 5.55. The Labute approximate surface area is 169 Å². The summed E-state index contributed by atoms with van der Waals surface area (Å²) in [5.41, 5.74) is 3.33. The molecular formula is C21H14N4O3S. The van der Waals surface area contributed by atoms with Crippen molar-refractivity contribution in [2.45, 2.75) is 0 Å². The average molecular weight is 402 g/mol. The molecule has 29 heavy (non-hydrogen) atoms. The van der Waals surface area contributed by atoms with E-state index < -0.39 is 17.7 Å². The van der Waals surface area contributed by atoms with Gasteiger partial charge in [-0.2, -0.15) is 0 Å². The topological polar surface area (TPSA) is 95.2 Å². The molecule has 0 saturated carbocycles. The molecule has 0 bridgehead atoms. The SMILES string of the molecule is O=C(CN1C(=O)c2ccccc2C1=O)Nc1nc(-c2c[nH]c3ccccc23)cs1. The highest BCUT2D eigenvalue weighted by atomic mass is 32.1. The van der Waals surface area contributed by atoms with Crippen LogP contribution < -0.4 is 5.32 Å². The van der Waals surface area contributed by atoms with Gasteiger partial charge < -0.3 is 10.3 Å². The van der Waals surface area contributed by atoms with Crippen molar-refractivity contribution in [2.75, 3.05) is 11.9 Å². The Morgan fingerprint density at radius 3 is 2.45 bits per heavy atom. The Bertz CT molecular complexity index is 1250. The fourth-order valence-corrected chi connectivity index (χ4v) is 4.15. The minimum absolute atomic E-state index is 0.321. The molecule has 0 unspecified atom stereocenters. The van der Waals surface area contributed by atoms with Gasteiger partial charge in [0.1, 0.15) is 6.54 Å². The summed E-state index contributed by atoms with van der Waals surface area (Å²) in [6.45, 7) is -0.353. The molecule has 7 nitrogen and oxygen atoms in total. The van der Waals surface area contributed by atoms with Gasteiger partial charge in [0.25, 0.3) is 11.8 Å². The van der Waals surface area contributed by atoms with Crippen LogP contribution in [0.25, 0.3) is 22.2 Å². The first kappa shape index (κ1) is 17.3. The first-order chi connectivity index (χ1) is 14.1. The Morgan fingerprint density at radius 1 is 1.00 bits per heavy atom. The molecule has 4 aromatic rings. The van der Waals surface area contributed by atoms with Gasteiger partial charge in [-0.3, -0.25) is 19.3 Å². The molecule has 5 rings (SSSR count). The molecule has 0 saturated heterocycles. The third-order valence-electron chi connectivity index (χ3n) is 4.80. The normalized spacial score (nSPS) is 13.2. The number of aromatic amines is 1. The van der Waals surface area contributed by atoms with Crippen molar-refractivity contribution in [3.05, 3.63) is 71.2 Å². The molecule has 2 aromatic carbocycles. The molecule has 3 amide bonds. The van der Waals surface area contributed by atoms with Crippen LogP contribution in [0.5, 0.6) is 0 Å². The van der Waals surface area contributed by atoms with E-state index in [1.807, 2.05) is 35.8 Å². The maximum absolute atomic E-state index is 12.4. The molecule has 1 aliphatic rings. The number of nitrogens with zero attached hydrogens (tertiary/aromatic N) is 2. The summed E-state index contributed by atoms with van der Waals surface area (Å²) < 4.78 is 0. The molecule has 0 atom stereocenters. The van der Waals surface area contributed by atoms with Gasteiger partial charge >= 0.3 is 0 Å². The van der Waals surface area contributed by atoms with E-state index in [1.54, 1.807) is 24.3 Å². The Morgan fingerprint density at radius 2 is 1.69 bits per heavy atom. The van der Waals surface area contributed by atoms with Crippen LogP contribution >= 0.6 is 11.3 Å². The van der Waals surface area contributed by atoms with E-state index >= 15 is 0 Å². The van der Waals surface area contributed by atoms with Crippen molar-refractivity contribution in [3.63, 3.8) is 0 Å². The third kappa shape index (κ3) is 2.90. The minimum atomic E-state index is -0.473. The van der Waals surface area contributed by atoms with Crippen LogP contribution in [0.15, 0.2) is 60.1 Å². The van der Waals surface area contributed by atoms with E-state index in [4.69, 9.17) is 0 Å². The molecular weight excluding hydrogens is 388 g/mol. The number of thiazole rings is 1. The maximum atomic E-state index is 12.4. The fraction of sp³-hybridized carbons (Fsp3) is 0.0476. The zero-order valence-corrected chi connectivity index (χ0v) is 15.8. The monoisotopic (exact) mass is 402 g/mol. The quantitative estimate of drug-likeness (QED) is 0.511. The predicted octanol–water partition coefficient (Wildman–Crippen LogP) is 3.53. The molecule has 142 valence electrons. The number of amides is 3. The number of carbonyl (C=O) groups excluding carboxylic acids is 3. The predicted molar refractivity (Wildman–Crippen MR) is 110 cm³/mol. The summed E-state index contributed by atoms with van der Waals surface area (Å²) >= 11 is 1.29. The Balaban J connectivity index is 1.31. The highest BCUT2D eigenvalue weighted by molar-refractivity contribution is 7.14. The van der Waals surface area contributed by atoms with Crippen LogP contribution in [0.4, 0.5) is 5.13 Å². The molecule has 0 aliphatic carbocycles. The van der Waals surface area contributed by atoms with E-state index in [-0.39, 0.29) is 6.54 Å². The zero-order chi connectivity index (χ0) is 20.0. The lowest BCUT2D eigenvalue weighted by molar-refractivity contribution is -0.116. The molecule has 3 heterocycles. The van der Waals surface area contributed by atoms with E-state index in [0.29, 0.717) is 16.3 Å². The van der Waals surface area contributed by atoms with Crippen LogP contribution in [-0.4, -0.2) is 39.1 Å². The standard InChI is InChI=1S/C21H14N4O3S/c26-18(10-25-19(27)13-6-1-2-7-14(13)20(25)28)24-21-23-17(11-29-21)15-9-22-16-8-4-3-5-12(15)16/h1-9,11,22H,10H2,(H,23,24,26). The van der Waals surface area contributed by atoms with E-state index in [2.05, 4.69) is 15.3 Å². The smallest absolute Gasteiger partial charge is 0.262 e. The van der Waals surface area contributed by atoms with Crippen molar-refractivity contribution < 1.29 is 14.4 Å². The lowest BCUT2D eigenvalue weighted by Gasteiger charge is -2.12. The average Bonchev–Trinajstić information content (AvgIpc) is 3.42. The number of imide groups is 1. The minimum Gasteiger partial charge on any atom is -0.360 e. The van der Waals surface area contributed by atoms with Gasteiger partial charge in [-0.15, -0.1) is 11.3 Å². The summed E-state index contributed by atoms with van der Waals surface area (Å²) in [7, 11) is 0. The number of aromatic nitrogens is 2. The van der Waals surface area contributed by atoms with Crippen LogP contribution in [0.3, 0.4) is 0 Å². The second-order valence-electron chi connectivity index (χ2n) is 6.58. The summed E-state index contributed by atoms with van der Waals surface area (Å²) in [5.74, 6) is -1.39. The largest absolute Gasteiger partial charge is 0.360 e. The van der Waals surface area contributed by atoms with Crippen molar-refractivity contribution in [1.29, 1.82) is 0 Å². The number of nitrogens with one attached hydrogen (secondary N) is 2. The first-order valence-corrected chi connectivity index (χ1v) is 9.77. The number of hydrogen-bond donors (Lipinski definition) is 2. The second kappa shape index (κ2) is 6.68. The number of anilines is 1. The fourth-order valence-electron chi connectivity index (χ4n) is 3.42.